The third-order valence-electron chi connectivity index (χ3n) is 5.04. The van der Waals surface area contributed by atoms with Crippen LogP contribution in [0.1, 0.15) is 18.4 Å². The number of rotatable bonds is 4. The number of likely N-dealkylation sites (tertiary alicyclic amines) is 1. The second-order valence-corrected chi connectivity index (χ2v) is 6.89. The van der Waals surface area contributed by atoms with Gasteiger partial charge in [0, 0.05) is 25.5 Å². The van der Waals surface area contributed by atoms with Gasteiger partial charge in [0.15, 0.2) is 5.82 Å². The van der Waals surface area contributed by atoms with Gasteiger partial charge < -0.3 is 10.1 Å². The van der Waals surface area contributed by atoms with Crippen LogP contribution in [0.5, 0.6) is 0 Å². The fraction of sp³-hybridized carbons (Fsp3) is 0.421. The summed E-state index contributed by atoms with van der Waals surface area (Å²) in [6.07, 6.45) is 5.90. The minimum atomic E-state index is -0.457. The van der Waals surface area contributed by atoms with E-state index in [1.165, 1.54) is 18.5 Å². The van der Waals surface area contributed by atoms with Gasteiger partial charge in [-0.3, -0.25) is 14.7 Å². The van der Waals surface area contributed by atoms with Crippen LogP contribution >= 0.6 is 0 Å². The number of piperidine rings is 1. The van der Waals surface area contributed by atoms with E-state index in [9.17, 15) is 9.18 Å². The van der Waals surface area contributed by atoms with Crippen LogP contribution in [0, 0.1) is 11.7 Å². The summed E-state index contributed by atoms with van der Waals surface area (Å²) in [6, 6.07) is 6.69. The zero-order valence-electron chi connectivity index (χ0n) is 14.3. The summed E-state index contributed by atoms with van der Waals surface area (Å²) in [4.78, 5) is 22.7. The van der Waals surface area contributed by atoms with Crippen LogP contribution in [0.15, 0.2) is 42.9 Å². The van der Waals surface area contributed by atoms with E-state index in [1.807, 2.05) is 6.07 Å². The van der Waals surface area contributed by atoms with Crippen LogP contribution in [0.3, 0.4) is 0 Å². The molecule has 0 bridgehead atoms. The average molecular weight is 356 g/mol. The molecule has 1 aromatic heterocycles. The van der Waals surface area contributed by atoms with Crippen molar-refractivity contribution < 1.29 is 13.9 Å². The molecular weight excluding hydrogens is 335 g/mol. The molecule has 2 aliphatic rings. The van der Waals surface area contributed by atoms with Crippen molar-refractivity contribution in [3.05, 3.63) is 54.2 Å². The van der Waals surface area contributed by atoms with Crippen molar-refractivity contribution in [2.75, 3.05) is 18.4 Å². The summed E-state index contributed by atoms with van der Waals surface area (Å²) in [6.45, 7) is 2.39. The monoisotopic (exact) mass is 356 g/mol. The first-order chi connectivity index (χ1) is 12.7. The lowest BCUT2D eigenvalue weighted by Crippen LogP contribution is -2.41. The van der Waals surface area contributed by atoms with E-state index in [1.54, 1.807) is 18.3 Å². The molecule has 26 heavy (non-hydrogen) atoms. The Bertz CT molecular complexity index is 773. The smallest absolute Gasteiger partial charge is 0.254 e. The molecule has 1 amide bonds. The number of carbonyl (C=O) groups is 1. The van der Waals surface area contributed by atoms with Crippen LogP contribution in [-0.4, -0.2) is 46.1 Å². The van der Waals surface area contributed by atoms with Crippen LogP contribution in [0.25, 0.3) is 0 Å². The molecule has 0 unspecified atom stereocenters. The molecule has 3 heterocycles. The van der Waals surface area contributed by atoms with Gasteiger partial charge in [0.1, 0.15) is 11.9 Å². The Morgan fingerprint density at radius 1 is 1.38 bits per heavy atom. The minimum Gasteiger partial charge on any atom is -0.364 e. The first-order valence-electron chi connectivity index (χ1n) is 8.86. The van der Waals surface area contributed by atoms with Crippen molar-refractivity contribution in [1.82, 2.24) is 14.9 Å². The van der Waals surface area contributed by atoms with Crippen molar-refractivity contribution in [2.45, 2.75) is 31.6 Å². The number of aromatic nitrogens is 2. The van der Waals surface area contributed by atoms with Gasteiger partial charge in [-0.05, 0) is 43.0 Å². The number of hydrogen-bond acceptors (Lipinski definition) is 5. The molecule has 2 aliphatic heterocycles. The van der Waals surface area contributed by atoms with Gasteiger partial charge >= 0.3 is 0 Å². The Kier molecular flexibility index (Phi) is 4.90. The van der Waals surface area contributed by atoms with Gasteiger partial charge in [0.05, 0.1) is 12.3 Å². The third-order valence-corrected chi connectivity index (χ3v) is 5.04. The summed E-state index contributed by atoms with van der Waals surface area (Å²) in [5, 5.41) is 2.76. The van der Waals surface area contributed by atoms with E-state index in [0.717, 1.165) is 31.5 Å². The van der Waals surface area contributed by atoms with E-state index in [-0.39, 0.29) is 17.8 Å². The molecule has 2 saturated heterocycles. The van der Waals surface area contributed by atoms with Crippen LogP contribution < -0.4 is 5.32 Å². The van der Waals surface area contributed by atoms with Crippen molar-refractivity contribution in [2.24, 2.45) is 5.92 Å². The van der Waals surface area contributed by atoms with Gasteiger partial charge in [-0.15, -0.1) is 0 Å². The quantitative estimate of drug-likeness (QED) is 0.910. The standard InChI is InChI=1S/C19H21FN4O2/c20-15-3-1-2-13(8-15)11-24-7-4-14-9-16(26-17(14)12-24)19(25)23-18-10-21-5-6-22-18/h1-3,5-6,8,10,14,16-17H,4,7,9,11-12H2,(H,22,23,25)/t14-,16-,17+/m0/s1. The predicted octanol–water partition coefficient (Wildman–Crippen LogP) is 2.23. The van der Waals surface area contributed by atoms with Crippen molar-refractivity contribution in [3.63, 3.8) is 0 Å². The second kappa shape index (κ2) is 7.47. The Hall–Kier alpha value is -2.38. The van der Waals surface area contributed by atoms with Gasteiger partial charge in [0.25, 0.3) is 5.91 Å². The molecule has 3 atom stereocenters. The van der Waals surface area contributed by atoms with Gasteiger partial charge in [-0.25, -0.2) is 9.37 Å². The molecular formula is C19H21FN4O2. The molecule has 1 N–H and O–H groups in total. The third kappa shape index (κ3) is 3.89. The fourth-order valence-corrected chi connectivity index (χ4v) is 3.77. The van der Waals surface area contributed by atoms with Gasteiger partial charge in [-0.1, -0.05) is 12.1 Å². The number of nitrogens with one attached hydrogen (secondary N) is 1. The minimum absolute atomic E-state index is 0.0370. The number of carbonyl (C=O) groups excluding carboxylic acids is 1. The summed E-state index contributed by atoms with van der Waals surface area (Å²) in [7, 11) is 0. The van der Waals surface area contributed by atoms with Gasteiger partial charge in [0.2, 0.25) is 0 Å². The number of hydrogen-bond donors (Lipinski definition) is 1. The van der Waals surface area contributed by atoms with Crippen molar-refractivity contribution in [1.29, 1.82) is 0 Å². The Balaban J connectivity index is 1.33. The fourth-order valence-electron chi connectivity index (χ4n) is 3.77. The average Bonchev–Trinajstić information content (AvgIpc) is 3.06. The summed E-state index contributed by atoms with van der Waals surface area (Å²) < 4.78 is 19.4. The summed E-state index contributed by atoms with van der Waals surface area (Å²) >= 11 is 0. The lowest BCUT2D eigenvalue weighted by atomic mass is 9.91. The second-order valence-electron chi connectivity index (χ2n) is 6.89. The Morgan fingerprint density at radius 3 is 3.12 bits per heavy atom. The van der Waals surface area contributed by atoms with Gasteiger partial charge in [-0.2, -0.15) is 0 Å². The first-order valence-corrected chi connectivity index (χ1v) is 8.86. The predicted molar refractivity (Wildman–Crippen MR) is 93.7 cm³/mol. The molecule has 0 saturated carbocycles. The highest BCUT2D eigenvalue weighted by Crippen LogP contribution is 2.34. The van der Waals surface area contributed by atoms with Crippen LogP contribution in [0.4, 0.5) is 10.2 Å². The molecule has 0 aliphatic carbocycles. The summed E-state index contributed by atoms with van der Waals surface area (Å²) in [5.74, 6) is 0.437. The van der Waals surface area contributed by atoms with Crippen LogP contribution in [0.2, 0.25) is 0 Å². The molecule has 2 fully saturated rings. The normalized spacial score (nSPS) is 25.7. The van der Waals surface area contributed by atoms with E-state index < -0.39 is 6.10 Å². The van der Waals surface area contributed by atoms with Crippen molar-refractivity contribution >= 4 is 11.7 Å². The zero-order chi connectivity index (χ0) is 17.9. The Morgan fingerprint density at radius 2 is 2.31 bits per heavy atom. The molecule has 4 rings (SSSR count). The van der Waals surface area contributed by atoms with Crippen molar-refractivity contribution in [3.8, 4) is 0 Å². The molecule has 136 valence electrons. The van der Waals surface area contributed by atoms with E-state index in [4.69, 9.17) is 4.74 Å². The maximum absolute atomic E-state index is 13.4. The number of ether oxygens (including phenoxy) is 1. The topological polar surface area (TPSA) is 67.4 Å². The highest BCUT2D eigenvalue weighted by atomic mass is 19.1. The zero-order valence-corrected chi connectivity index (χ0v) is 14.3. The molecule has 1 aromatic carbocycles. The molecule has 6 nitrogen and oxygen atoms in total. The lowest BCUT2D eigenvalue weighted by molar-refractivity contribution is -0.127. The number of fused-ring (bicyclic) bond motifs is 1. The number of anilines is 1. The molecule has 7 heteroatoms. The number of amides is 1. The summed E-state index contributed by atoms with van der Waals surface area (Å²) in [5.41, 5.74) is 0.957. The maximum atomic E-state index is 13.4. The number of halogens is 1. The largest absolute Gasteiger partial charge is 0.364 e. The highest BCUT2D eigenvalue weighted by Gasteiger charge is 2.41. The molecule has 0 radical (unpaired) electrons. The maximum Gasteiger partial charge on any atom is 0.254 e. The Labute approximate surface area is 151 Å². The first kappa shape index (κ1) is 17.1. The van der Waals surface area contributed by atoms with Crippen LogP contribution in [-0.2, 0) is 16.1 Å². The van der Waals surface area contributed by atoms with E-state index in [2.05, 4.69) is 20.2 Å². The van der Waals surface area contributed by atoms with E-state index in [0.29, 0.717) is 18.3 Å². The molecule has 2 aromatic rings. The van der Waals surface area contributed by atoms with E-state index >= 15 is 0 Å². The molecule has 0 spiro atoms. The number of benzene rings is 1. The number of nitrogens with zero attached hydrogens (tertiary/aromatic N) is 3. The highest BCUT2D eigenvalue weighted by molar-refractivity contribution is 5.93. The SMILES string of the molecule is O=C(Nc1cnccn1)[C@@H]1C[C@@H]2CCN(Cc3cccc(F)c3)C[C@H]2O1. The lowest BCUT2D eigenvalue weighted by Gasteiger charge is -2.34.